The summed E-state index contributed by atoms with van der Waals surface area (Å²) >= 11 is 3.47. The molecule has 1 N–H and O–H groups in total. The second-order valence-corrected chi connectivity index (χ2v) is 5.51. The summed E-state index contributed by atoms with van der Waals surface area (Å²) in [6.07, 6.45) is 1.94. The molecule has 1 saturated heterocycles. The summed E-state index contributed by atoms with van der Waals surface area (Å²) in [7, 11) is 0. The fourth-order valence-corrected chi connectivity index (χ4v) is 2.87. The molecule has 5 heteroatoms. The van der Waals surface area contributed by atoms with E-state index in [1.54, 1.807) is 6.07 Å². The van der Waals surface area contributed by atoms with Crippen LogP contribution in [0.5, 0.6) is 11.5 Å². The fourth-order valence-electron chi connectivity index (χ4n) is 2.36. The summed E-state index contributed by atoms with van der Waals surface area (Å²) in [5, 5.41) is 3.23. The highest BCUT2D eigenvalue weighted by molar-refractivity contribution is 9.10. The predicted octanol–water partition coefficient (Wildman–Crippen LogP) is 3.18. The maximum Gasteiger partial charge on any atom is 0.181 e. The summed E-state index contributed by atoms with van der Waals surface area (Å²) in [6, 6.07) is 3.51. The highest BCUT2D eigenvalue weighted by Crippen LogP contribution is 2.35. The zero-order valence-corrected chi connectivity index (χ0v) is 13.5. The van der Waals surface area contributed by atoms with Gasteiger partial charge in [-0.25, -0.2) is 0 Å². The number of carbonyl (C=O) groups excluding carboxylic acids is 1. The fraction of sp³-hybridized carbons (Fsp3) is 0.533. The lowest BCUT2D eigenvalue weighted by molar-refractivity contribution is 0.0951. The van der Waals surface area contributed by atoms with E-state index < -0.39 is 0 Å². The number of hydrogen-bond donors (Lipinski definition) is 1. The van der Waals surface area contributed by atoms with Crippen LogP contribution in [-0.2, 0) is 0 Å². The molecule has 0 bridgehead atoms. The molecule has 0 aliphatic carbocycles. The van der Waals surface area contributed by atoms with E-state index in [0.717, 1.165) is 23.9 Å². The van der Waals surface area contributed by atoms with Crippen molar-refractivity contribution in [3.05, 3.63) is 22.2 Å². The number of nitrogens with one attached hydrogen (secondary N) is 1. The van der Waals surface area contributed by atoms with Crippen LogP contribution in [0.15, 0.2) is 16.6 Å². The summed E-state index contributed by atoms with van der Waals surface area (Å²) < 4.78 is 11.9. The highest BCUT2D eigenvalue weighted by atomic mass is 79.9. The van der Waals surface area contributed by atoms with E-state index in [4.69, 9.17) is 9.47 Å². The molecule has 0 amide bonds. The molecule has 1 unspecified atom stereocenters. The zero-order valence-electron chi connectivity index (χ0n) is 11.9. The molecule has 1 atom stereocenters. The average Bonchev–Trinajstić information content (AvgIpc) is 2.95. The van der Waals surface area contributed by atoms with Gasteiger partial charge >= 0.3 is 0 Å². The Bertz CT molecular complexity index is 484. The van der Waals surface area contributed by atoms with Gasteiger partial charge in [0.1, 0.15) is 0 Å². The van der Waals surface area contributed by atoms with E-state index in [-0.39, 0.29) is 11.8 Å². The summed E-state index contributed by atoms with van der Waals surface area (Å²) in [6.45, 7) is 5.84. The Morgan fingerprint density at radius 3 is 2.50 bits per heavy atom. The van der Waals surface area contributed by atoms with Crippen LogP contribution in [0.2, 0.25) is 0 Å². The van der Waals surface area contributed by atoms with Crippen molar-refractivity contribution >= 4 is 21.7 Å². The molecule has 1 aliphatic rings. The number of benzene rings is 1. The summed E-state index contributed by atoms with van der Waals surface area (Å²) in [4.78, 5) is 12.5. The van der Waals surface area contributed by atoms with Gasteiger partial charge in [-0.3, -0.25) is 4.79 Å². The number of ketones is 1. The molecule has 2 rings (SSSR count). The number of rotatable bonds is 6. The lowest BCUT2D eigenvalue weighted by Gasteiger charge is -2.15. The van der Waals surface area contributed by atoms with Gasteiger partial charge in [-0.05, 0) is 61.3 Å². The lowest BCUT2D eigenvalue weighted by atomic mass is 10.0. The van der Waals surface area contributed by atoms with Crippen LogP contribution in [0, 0.1) is 0 Å². The predicted molar refractivity (Wildman–Crippen MR) is 81.8 cm³/mol. The van der Waals surface area contributed by atoms with Crippen LogP contribution in [-0.4, -0.2) is 31.6 Å². The van der Waals surface area contributed by atoms with Gasteiger partial charge in [-0.2, -0.15) is 0 Å². The van der Waals surface area contributed by atoms with E-state index in [0.29, 0.717) is 30.3 Å². The summed E-state index contributed by atoms with van der Waals surface area (Å²) in [5.41, 5.74) is 0.649. The number of carbonyl (C=O) groups is 1. The third-order valence-corrected chi connectivity index (χ3v) is 3.93. The Morgan fingerprint density at radius 1 is 1.30 bits per heavy atom. The summed E-state index contributed by atoms with van der Waals surface area (Å²) in [5.74, 6) is 1.40. The molecule has 0 radical (unpaired) electrons. The number of Topliss-reactive ketones (excluding diaryl/α,β-unsaturated/α-hetero) is 1. The second-order valence-electron chi connectivity index (χ2n) is 4.66. The van der Waals surface area contributed by atoms with E-state index in [1.807, 2.05) is 19.9 Å². The third kappa shape index (κ3) is 3.33. The van der Waals surface area contributed by atoms with Crippen LogP contribution in [0.25, 0.3) is 0 Å². The van der Waals surface area contributed by atoms with Crippen LogP contribution >= 0.6 is 15.9 Å². The quantitative estimate of drug-likeness (QED) is 0.807. The van der Waals surface area contributed by atoms with Gasteiger partial charge in [0.2, 0.25) is 0 Å². The van der Waals surface area contributed by atoms with Crippen molar-refractivity contribution in [2.75, 3.05) is 19.8 Å². The van der Waals surface area contributed by atoms with Gasteiger partial charge in [0.05, 0.1) is 19.3 Å². The van der Waals surface area contributed by atoms with E-state index >= 15 is 0 Å². The lowest BCUT2D eigenvalue weighted by Crippen LogP contribution is -2.31. The smallest absolute Gasteiger partial charge is 0.181 e. The number of halogens is 1. The first-order chi connectivity index (χ1) is 9.67. The van der Waals surface area contributed by atoms with Crippen molar-refractivity contribution in [3.8, 4) is 11.5 Å². The first-order valence-electron chi connectivity index (χ1n) is 7.04. The molecule has 1 aliphatic heterocycles. The first-order valence-corrected chi connectivity index (χ1v) is 7.83. The third-order valence-electron chi connectivity index (χ3n) is 3.28. The van der Waals surface area contributed by atoms with Gasteiger partial charge < -0.3 is 14.8 Å². The topological polar surface area (TPSA) is 47.6 Å². The molecule has 4 nitrogen and oxygen atoms in total. The Kier molecular flexibility index (Phi) is 5.43. The normalized spacial score (nSPS) is 18.1. The monoisotopic (exact) mass is 341 g/mol. The Balaban J connectivity index is 2.32. The van der Waals surface area contributed by atoms with Crippen molar-refractivity contribution in [1.29, 1.82) is 0 Å². The minimum absolute atomic E-state index is 0.0845. The minimum Gasteiger partial charge on any atom is -0.490 e. The van der Waals surface area contributed by atoms with Gasteiger partial charge in [0.25, 0.3) is 0 Å². The van der Waals surface area contributed by atoms with Crippen molar-refractivity contribution in [1.82, 2.24) is 5.32 Å². The van der Waals surface area contributed by atoms with Crippen molar-refractivity contribution in [2.45, 2.75) is 32.7 Å². The molecular weight excluding hydrogens is 322 g/mol. The average molecular weight is 342 g/mol. The number of hydrogen-bond acceptors (Lipinski definition) is 4. The van der Waals surface area contributed by atoms with Crippen LogP contribution < -0.4 is 14.8 Å². The van der Waals surface area contributed by atoms with Crippen LogP contribution in [0.1, 0.15) is 37.0 Å². The zero-order chi connectivity index (χ0) is 14.5. The van der Waals surface area contributed by atoms with Gasteiger partial charge in [-0.15, -0.1) is 0 Å². The molecule has 0 spiro atoms. The second kappa shape index (κ2) is 7.09. The maximum absolute atomic E-state index is 12.5. The number of ether oxygens (including phenoxy) is 2. The van der Waals surface area contributed by atoms with E-state index in [2.05, 4.69) is 21.2 Å². The molecule has 1 heterocycles. The Labute approximate surface area is 128 Å². The maximum atomic E-state index is 12.5. The SMILES string of the molecule is CCOc1cc(Br)c(C(=O)C2CCCN2)cc1OCC. The molecule has 110 valence electrons. The molecule has 20 heavy (non-hydrogen) atoms. The highest BCUT2D eigenvalue weighted by Gasteiger charge is 2.26. The van der Waals surface area contributed by atoms with Crippen molar-refractivity contribution in [2.24, 2.45) is 0 Å². The molecule has 1 aromatic rings. The molecule has 1 fully saturated rings. The van der Waals surface area contributed by atoms with E-state index in [1.165, 1.54) is 0 Å². The van der Waals surface area contributed by atoms with Gasteiger partial charge in [0, 0.05) is 10.0 Å². The van der Waals surface area contributed by atoms with Gasteiger partial charge in [0.15, 0.2) is 17.3 Å². The van der Waals surface area contributed by atoms with E-state index in [9.17, 15) is 4.79 Å². The molecule has 0 saturated carbocycles. The largest absolute Gasteiger partial charge is 0.490 e. The van der Waals surface area contributed by atoms with Crippen LogP contribution in [0.4, 0.5) is 0 Å². The molecular formula is C15H20BrNO3. The van der Waals surface area contributed by atoms with Crippen LogP contribution in [0.3, 0.4) is 0 Å². The molecule has 1 aromatic carbocycles. The van der Waals surface area contributed by atoms with Gasteiger partial charge in [-0.1, -0.05) is 0 Å². The Hall–Kier alpha value is -1.07. The standard InChI is InChI=1S/C15H20BrNO3/c1-3-19-13-8-10(11(16)9-14(13)20-4-2)15(18)12-6-5-7-17-12/h8-9,12,17H,3-7H2,1-2H3. The van der Waals surface area contributed by atoms with Crippen molar-refractivity contribution < 1.29 is 14.3 Å². The van der Waals surface area contributed by atoms with Crippen molar-refractivity contribution in [3.63, 3.8) is 0 Å². The first kappa shape index (κ1) is 15.3. The molecule has 0 aromatic heterocycles. The minimum atomic E-state index is -0.0845. The Morgan fingerprint density at radius 2 is 1.95 bits per heavy atom.